The molecule has 0 bridgehead atoms. The van der Waals surface area contributed by atoms with Crippen molar-refractivity contribution < 1.29 is 14.4 Å². The molecular formula is C24H25N7O3S. The Kier molecular flexibility index (Phi) is 5.37. The van der Waals surface area contributed by atoms with Crippen molar-refractivity contribution in [2.75, 3.05) is 37.6 Å². The lowest BCUT2D eigenvalue weighted by molar-refractivity contribution is -0.123. The molecule has 0 atom stereocenters. The number of anilines is 1. The highest BCUT2D eigenvalue weighted by molar-refractivity contribution is 7.17. The van der Waals surface area contributed by atoms with Gasteiger partial charge in [-0.1, -0.05) is 12.1 Å². The Hall–Kier alpha value is -3.57. The molecule has 0 unspecified atom stereocenters. The van der Waals surface area contributed by atoms with E-state index in [1.807, 2.05) is 12.1 Å². The molecule has 180 valence electrons. The van der Waals surface area contributed by atoms with Gasteiger partial charge in [0.15, 0.2) is 0 Å². The molecule has 2 saturated heterocycles. The number of fused-ring (bicyclic) bond motifs is 2. The first-order chi connectivity index (χ1) is 17.0. The van der Waals surface area contributed by atoms with Gasteiger partial charge >= 0.3 is 6.03 Å². The zero-order valence-electron chi connectivity index (χ0n) is 19.4. The quantitative estimate of drug-likeness (QED) is 0.597. The van der Waals surface area contributed by atoms with E-state index in [2.05, 4.69) is 43.5 Å². The second-order valence-electron chi connectivity index (χ2n) is 9.14. The number of hydrogen-bond donors (Lipinski definition) is 1. The summed E-state index contributed by atoms with van der Waals surface area (Å²) in [6.45, 7) is 7.07. The predicted molar refractivity (Wildman–Crippen MR) is 131 cm³/mol. The molecule has 0 spiro atoms. The van der Waals surface area contributed by atoms with Gasteiger partial charge in [0, 0.05) is 44.7 Å². The van der Waals surface area contributed by atoms with E-state index in [1.165, 1.54) is 15.6 Å². The van der Waals surface area contributed by atoms with Crippen LogP contribution in [0.1, 0.15) is 33.5 Å². The number of benzene rings is 1. The second kappa shape index (κ2) is 8.58. The Morgan fingerprint density at radius 2 is 1.86 bits per heavy atom. The van der Waals surface area contributed by atoms with Crippen molar-refractivity contribution >= 4 is 45.2 Å². The van der Waals surface area contributed by atoms with E-state index in [0.29, 0.717) is 12.1 Å². The first kappa shape index (κ1) is 21.9. The van der Waals surface area contributed by atoms with Crippen LogP contribution in [0.4, 0.5) is 10.6 Å². The van der Waals surface area contributed by atoms with Gasteiger partial charge in [-0.3, -0.25) is 19.8 Å². The molecule has 0 radical (unpaired) electrons. The maximum absolute atomic E-state index is 12.9. The molecule has 1 N–H and O–H groups in total. The van der Waals surface area contributed by atoms with E-state index in [9.17, 15) is 14.4 Å². The van der Waals surface area contributed by atoms with Crippen molar-refractivity contribution in [2.24, 2.45) is 0 Å². The van der Waals surface area contributed by atoms with Gasteiger partial charge in [0.25, 0.3) is 5.91 Å². The van der Waals surface area contributed by atoms with Crippen molar-refractivity contribution in [3.8, 4) is 0 Å². The van der Waals surface area contributed by atoms with Crippen LogP contribution in [0.5, 0.6) is 0 Å². The van der Waals surface area contributed by atoms with Crippen molar-refractivity contribution in [1.82, 2.24) is 30.2 Å². The minimum absolute atomic E-state index is 0.190. The van der Waals surface area contributed by atoms with E-state index in [1.54, 1.807) is 17.7 Å². The van der Waals surface area contributed by atoms with E-state index in [0.717, 1.165) is 59.9 Å². The van der Waals surface area contributed by atoms with Gasteiger partial charge in [-0.2, -0.15) is 0 Å². The predicted octanol–water partition coefficient (Wildman–Crippen LogP) is 2.13. The molecule has 2 aromatic heterocycles. The Bertz CT molecular complexity index is 1350. The molecule has 0 aliphatic carbocycles. The SMILES string of the molecule is Cc1csc2ncnc(N3CCN(Cc4ccc5c(c4)CN(N4CCC(=O)NC4=O)C5=O)CC3)c12. The molecule has 11 heteroatoms. The van der Waals surface area contributed by atoms with Crippen LogP contribution >= 0.6 is 11.3 Å². The van der Waals surface area contributed by atoms with Crippen LogP contribution in [0.2, 0.25) is 0 Å². The van der Waals surface area contributed by atoms with Crippen LogP contribution in [0.25, 0.3) is 10.2 Å². The summed E-state index contributed by atoms with van der Waals surface area (Å²) in [5.41, 5.74) is 3.89. The number of carbonyl (C=O) groups excluding carboxylic acids is 3. The molecule has 0 saturated carbocycles. The molecule has 4 amide bonds. The van der Waals surface area contributed by atoms with E-state index in [4.69, 9.17) is 0 Å². The summed E-state index contributed by atoms with van der Waals surface area (Å²) in [5.74, 6) is 0.505. The van der Waals surface area contributed by atoms with Crippen LogP contribution in [0.15, 0.2) is 29.9 Å². The largest absolute Gasteiger partial charge is 0.353 e. The van der Waals surface area contributed by atoms with Crippen molar-refractivity contribution in [2.45, 2.75) is 26.4 Å². The number of hydrogen-bond acceptors (Lipinski definition) is 8. The highest BCUT2D eigenvalue weighted by Crippen LogP contribution is 2.31. The molecule has 5 heterocycles. The van der Waals surface area contributed by atoms with E-state index in [-0.39, 0.29) is 24.8 Å². The zero-order valence-corrected chi connectivity index (χ0v) is 20.2. The van der Waals surface area contributed by atoms with Crippen LogP contribution in [0.3, 0.4) is 0 Å². The maximum atomic E-state index is 12.9. The molecule has 10 nitrogen and oxygen atoms in total. The van der Waals surface area contributed by atoms with Crippen molar-refractivity contribution in [1.29, 1.82) is 0 Å². The fourth-order valence-corrected chi connectivity index (χ4v) is 5.94. The normalized spacial score (nSPS) is 19.0. The summed E-state index contributed by atoms with van der Waals surface area (Å²) < 4.78 is 0. The minimum Gasteiger partial charge on any atom is -0.353 e. The van der Waals surface area contributed by atoms with Crippen molar-refractivity contribution in [3.05, 3.63) is 52.2 Å². The van der Waals surface area contributed by atoms with Gasteiger partial charge in [0.2, 0.25) is 5.91 Å². The van der Waals surface area contributed by atoms with E-state index < -0.39 is 6.03 Å². The lowest BCUT2D eigenvalue weighted by Crippen LogP contribution is -2.56. The summed E-state index contributed by atoms with van der Waals surface area (Å²) in [7, 11) is 0. The highest BCUT2D eigenvalue weighted by atomic mass is 32.1. The number of imide groups is 1. The third-order valence-electron chi connectivity index (χ3n) is 6.89. The third-order valence-corrected chi connectivity index (χ3v) is 7.89. The Balaban J connectivity index is 1.11. The van der Waals surface area contributed by atoms with Gasteiger partial charge in [0.1, 0.15) is 17.0 Å². The number of nitrogens with one attached hydrogen (secondary N) is 1. The van der Waals surface area contributed by atoms with Gasteiger partial charge in [-0.25, -0.2) is 24.8 Å². The number of piperazine rings is 1. The molecule has 6 rings (SSSR count). The molecular weight excluding hydrogens is 466 g/mol. The van der Waals surface area contributed by atoms with Gasteiger partial charge in [-0.05, 0) is 35.1 Å². The maximum Gasteiger partial charge on any atom is 0.342 e. The van der Waals surface area contributed by atoms with Crippen LogP contribution in [-0.4, -0.2) is 75.5 Å². The number of rotatable bonds is 4. The number of hydrazine groups is 1. The van der Waals surface area contributed by atoms with Crippen LogP contribution in [0, 0.1) is 6.92 Å². The summed E-state index contributed by atoms with van der Waals surface area (Å²) in [6, 6.07) is 5.37. The topological polar surface area (TPSA) is 102 Å². The lowest BCUT2D eigenvalue weighted by atomic mass is 10.1. The third kappa shape index (κ3) is 3.90. The Labute approximate surface area is 206 Å². The summed E-state index contributed by atoms with van der Waals surface area (Å²) in [5, 5.41) is 8.34. The molecule has 3 aromatic rings. The summed E-state index contributed by atoms with van der Waals surface area (Å²) >= 11 is 1.66. The number of carbonyl (C=O) groups is 3. The number of amides is 4. The fourth-order valence-electron chi connectivity index (χ4n) is 5.05. The smallest absolute Gasteiger partial charge is 0.342 e. The summed E-state index contributed by atoms with van der Waals surface area (Å²) in [6.07, 6.45) is 1.84. The molecule has 1 aromatic carbocycles. The number of thiophene rings is 1. The molecule has 35 heavy (non-hydrogen) atoms. The average Bonchev–Trinajstić information content (AvgIpc) is 3.39. The fraction of sp³-hybridized carbons (Fsp3) is 0.375. The average molecular weight is 492 g/mol. The van der Waals surface area contributed by atoms with E-state index >= 15 is 0 Å². The van der Waals surface area contributed by atoms with Crippen molar-refractivity contribution in [3.63, 3.8) is 0 Å². The van der Waals surface area contributed by atoms with Crippen LogP contribution in [-0.2, 0) is 17.9 Å². The number of nitrogens with zero attached hydrogens (tertiary/aromatic N) is 6. The monoisotopic (exact) mass is 491 g/mol. The lowest BCUT2D eigenvalue weighted by Gasteiger charge is -2.35. The van der Waals surface area contributed by atoms with Gasteiger partial charge in [0.05, 0.1) is 18.5 Å². The number of aromatic nitrogens is 2. The van der Waals surface area contributed by atoms with Gasteiger partial charge in [-0.15, -0.1) is 11.3 Å². The zero-order chi connectivity index (χ0) is 24.1. The minimum atomic E-state index is -0.542. The second-order valence-corrected chi connectivity index (χ2v) is 10.00. The number of aryl methyl sites for hydroxylation is 1. The highest BCUT2D eigenvalue weighted by Gasteiger charge is 2.37. The number of urea groups is 1. The standard InChI is InChI=1S/C24H25N7O3S/c1-15-13-35-22-20(15)21(25-14-26-22)29-8-6-28(7-9-29)11-16-2-3-18-17(10-16)12-31(23(18)33)30-5-4-19(32)27-24(30)34/h2-3,10,13-14H,4-9,11-12H2,1H3,(H,27,32,34). The first-order valence-corrected chi connectivity index (χ1v) is 12.6. The molecule has 3 aliphatic heterocycles. The Morgan fingerprint density at radius 3 is 2.66 bits per heavy atom. The summed E-state index contributed by atoms with van der Waals surface area (Å²) in [4.78, 5) is 51.3. The molecule has 2 fully saturated rings. The molecule has 3 aliphatic rings. The Morgan fingerprint density at radius 1 is 1.03 bits per heavy atom. The first-order valence-electron chi connectivity index (χ1n) is 11.7. The van der Waals surface area contributed by atoms with Crippen LogP contribution < -0.4 is 10.2 Å². The van der Waals surface area contributed by atoms with Gasteiger partial charge < -0.3 is 4.90 Å².